The smallest absolute Gasteiger partial charge is 0.0477 e. The van der Waals surface area contributed by atoms with Crippen molar-refractivity contribution in [1.29, 1.82) is 0 Å². The van der Waals surface area contributed by atoms with Crippen molar-refractivity contribution in [2.75, 3.05) is 0 Å². The van der Waals surface area contributed by atoms with Crippen LogP contribution in [0, 0.1) is 0 Å². The van der Waals surface area contributed by atoms with Gasteiger partial charge in [0.15, 0.2) is 0 Å². The first-order valence-electron chi connectivity index (χ1n) is 4.85. The van der Waals surface area contributed by atoms with Crippen molar-refractivity contribution in [3.8, 4) is 0 Å². The highest BCUT2D eigenvalue weighted by molar-refractivity contribution is 5.80. The van der Waals surface area contributed by atoms with Crippen LogP contribution in [0.2, 0.25) is 0 Å². The number of hydrogen-bond donors (Lipinski definition) is 0. The number of rotatable bonds is 2. The zero-order valence-corrected chi connectivity index (χ0v) is 8.25. The third-order valence-corrected chi connectivity index (χ3v) is 2.49. The van der Waals surface area contributed by atoms with Crippen LogP contribution in [0.4, 0.5) is 0 Å². The van der Waals surface area contributed by atoms with Crippen LogP contribution in [-0.2, 0) is 13.5 Å². The number of hydrogen-bond acceptors (Lipinski definition) is 0. The highest BCUT2D eigenvalue weighted by atomic mass is 14.9. The van der Waals surface area contributed by atoms with Gasteiger partial charge in [0.25, 0.3) is 0 Å². The average molecular weight is 173 g/mol. The van der Waals surface area contributed by atoms with Gasteiger partial charge in [-0.15, -0.1) is 0 Å². The lowest BCUT2D eigenvalue weighted by Crippen LogP contribution is -1.85. The first-order valence-corrected chi connectivity index (χ1v) is 4.85. The summed E-state index contributed by atoms with van der Waals surface area (Å²) in [6, 6.07) is 8.90. The molecule has 0 bridgehead atoms. The van der Waals surface area contributed by atoms with E-state index in [1.54, 1.807) is 0 Å². The maximum atomic E-state index is 2.29. The molecule has 0 aliphatic heterocycles. The number of nitrogens with zero attached hydrogens (tertiary/aromatic N) is 1. The van der Waals surface area contributed by atoms with Gasteiger partial charge in [0.05, 0.1) is 0 Å². The molecule has 0 amide bonds. The quantitative estimate of drug-likeness (QED) is 0.657. The SMILES string of the molecule is CCCc1ccc2c(ccn2C)c1. The third-order valence-electron chi connectivity index (χ3n) is 2.49. The van der Waals surface area contributed by atoms with Gasteiger partial charge in [-0.25, -0.2) is 0 Å². The van der Waals surface area contributed by atoms with Crippen LogP contribution in [0.15, 0.2) is 30.5 Å². The topological polar surface area (TPSA) is 4.93 Å². The van der Waals surface area contributed by atoms with E-state index in [-0.39, 0.29) is 0 Å². The predicted octanol–water partition coefficient (Wildman–Crippen LogP) is 3.13. The molecule has 2 rings (SSSR count). The van der Waals surface area contributed by atoms with Gasteiger partial charge >= 0.3 is 0 Å². The molecule has 0 unspecified atom stereocenters. The van der Waals surface area contributed by atoms with Crippen molar-refractivity contribution >= 4 is 10.9 Å². The summed E-state index contributed by atoms with van der Waals surface area (Å²) < 4.78 is 2.16. The lowest BCUT2D eigenvalue weighted by Gasteiger charge is -2.00. The standard InChI is InChI=1S/C12H15N/c1-3-4-10-5-6-12-11(9-10)7-8-13(12)2/h5-9H,3-4H2,1-2H3. The lowest BCUT2D eigenvalue weighted by atomic mass is 10.1. The average Bonchev–Trinajstić information content (AvgIpc) is 2.48. The fraction of sp³-hybridized carbons (Fsp3) is 0.333. The van der Waals surface area contributed by atoms with E-state index in [4.69, 9.17) is 0 Å². The van der Waals surface area contributed by atoms with Gasteiger partial charge in [-0.2, -0.15) is 0 Å². The molecular formula is C12H15N. The number of aromatic nitrogens is 1. The van der Waals surface area contributed by atoms with Crippen molar-refractivity contribution in [1.82, 2.24) is 4.57 Å². The van der Waals surface area contributed by atoms with Gasteiger partial charge in [0.2, 0.25) is 0 Å². The Kier molecular flexibility index (Phi) is 2.09. The number of benzene rings is 1. The van der Waals surface area contributed by atoms with E-state index in [1.165, 1.54) is 29.3 Å². The van der Waals surface area contributed by atoms with Crippen LogP contribution in [0.3, 0.4) is 0 Å². The zero-order valence-electron chi connectivity index (χ0n) is 8.25. The van der Waals surface area contributed by atoms with E-state index in [1.807, 2.05) is 0 Å². The largest absolute Gasteiger partial charge is 0.351 e. The van der Waals surface area contributed by atoms with Crippen LogP contribution in [0.25, 0.3) is 10.9 Å². The van der Waals surface area contributed by atoms with Crippen molar-refractivity contribution in [3.05, 3.63) is 36.0 Å². The van der Waals surface area contributed by atoms with Gasteiger partial charge in [0.1, 0.15) is 0 Å². The number of aryl methyl sites for hydroxylation is 2. The Morgan fingerprint density at radius 1 is 1.23 bits per heavy atom. The van der Waals surface area contributed by atoms with E-state index in [9.17, 15) is 0 Å². The maximum absolute atomic E-state index is 2.29. The highest BCUT2D eigenvalue weighted by Gasteiger charge is 1.98. The Labute approximate surface area is 79.0 Å². The van der Waals surface area contributed by atoms with Crippen molar-refractivity contribution in [2.45, 2.75) is 19.8 Å². The fourth-order valence-electron chi connectivity index (χ4n) is 1.78. The molecule has 1 heteroatoms. The Morgan fingerprint density at radius 3 is 2.85 bits per heavy atom. The predicted molar refractivity (Wildman–Crippen MR) is 56.9 cm³/mol. The molecular weight excluding hydrogens is 158 g/mol. The molecule has 1 aromatic heterocycles. The summed E-state index contributed by atoms with van der Waals surface area (Å²) >= 11 is 0. The molecule has 0 radical (unpaired) electrons. The zero-order chi connectivity index (χ0) is 9.26. The molecule has 13 heavy (non-hydrogen) atoms. The molecule has 0 saturated carbocycles. The highest BCUT2D eigenvalue weighted by Crippen LogP contribution is 2.17. The third kappa shape index (κ3) is 1.46. The van der Waals surface area contributed by atoms with Crippen LogP contribution < -0.4 is 0 Å². The molecule has 0 saturated heterocycles. The molecule has 0 N–H and O–H groups in total. The van der Waals surface area contributed by atoms with Gasteiger partial charge in [-0.3, -0.25) is 0 Å². The molecule has 0 fully saturated rings. The summed E-state index contributed by atoms with van der Waals surface area (Å²) in [7, 11) is 2.09. The van der Waals surface area contributed by atoms with Gasteiger partial charge in [-0.05, 0) is 35.6 Å². The second kappa shape index (κ2) is 3.25. The van der Waals surface area contributed by atoms with Crippen LogP contribution in [-0.4, -0.2) is 4.57 Å². The Hall–Kier alpha value is -1.24. The normalized spacial score (nSPS) is 10.9. The van der Waals surface area contributed by atoms with Gasteiger partial charge in [0, 0.05) is 18.8 Å². The molecule has 1 heterocycles. The van der Waals surface area contributed by atoms with Crippen molar-refractivity contribution in [2.24, 2.45) is 7.05 Å². The summed E-state index contributed by atoms with van der Waals surface area (Å²) in [5.41, 5.74) is 2.76. The van der Waals surface area contributed by atoms with Crippen molar-refractivity contribution in [3.63, 3.8) is 0 Å². The minimum Gasteiger partial charge on any atom is -0.351 e. The molecule has 1 aromatic carbocycles. The molecule has 0 spiro atoms. The second-order valence-corrected chi connectivity index (χ2v) is 3.57. The maximum Gasteiger partial charge on any atom is 0.0477 e. The summed E-state index contributed by atoms with van der Waals surface area (Å²) in [5.74, 6) is 0. The van der Waals surface area contributed by atoms with E-state index in [2.05, 4.69) is 49.0 Å². The minimum atomic E-state index is 1.19. The van der Waals surface area contributed by atoms with E-state index in [0.717, 1.165) is 0 Å². The van der Waals surface area contributed by atoms with E-state index in [0.29, 0.717) is 0 Å². The van der Waals surface area contributed by atoms with E-state index < -0.39 is 0 Å². The summed E-state index contributed by atoms with van der Waals surface area (Å²) in [4.78, 5) is 0. The van der Waals surface area contributed by atoms with Crippen LogP contribution in [0.5, 0.6) is 0 Å². The molecule has 0 atom stereocenters. The minimum absolute atomic E-state index is 1.19. The molecule has 1 nitrogen and oxygen atoms in total. The Balaban J connectivity index is 2.50. The van der Waals surface area contributed by atoms with Gasteiger partial charge in [-0.1, -0.05) is 19.4 Å². The lowest BCUT2D eigenvalue weighted by molar-refractivity contribution is 0.922. The first kappa shape index (κ1) is 8.36. The monoisotopic (exact) mass is 173 g/mol. The Morgan fingerprint density at radius 2 is 2.08 bits per heavy atom. The molecule has 0 aliphatic rings. The van der Waals surface area contributed by atoms with Crippen LogP contribution >= 0.6 is 0 Å². The second-order valence-electron chi connectivity index (χ2n) is 3.57. The Bertz CT molecular complexity index is 412. The summed E-state index contributed by atoms with van der Waals surface area (Å²) in [5, 5.41) is 1.36. The summed E-state index contributed by atoms with van der Waals surface area (Å²) in [6.07, 6.45) is 4.52. The van der Waals surface area contributed by atoms with Crippen molar-refractivity contribution < 1.29 is 0 Å². The van der Waals surface area contributed by atoms with Gasteiger partial charge < -0.3 is 4.57 Å². The first-order chi connectivity index (χ1) is 6.31. The van der Waals surface area contributed by atoms with E-state index >= 15 is 0 Å². The van der Waals surface area contributed by atoms with Crippen LogP contribution in [0.1, 0.15) is 18.9 Å². The summed E-state index contributed by atoms with van der Waals surface area (Å²) in [6.45, 7) is 2.22. The molecule has 0 aliphatic carbocycles. The molecule has 2 aromatic rings. The molecule has 68 valence electrons. The fourth-order valence-corrected chi connectivity index (χ4v) is 1.78. The number of fused-ring (bicyclic) bond motifs is 1.